The minimum absolute atomic E-state index is 0.184. The Labute approximate surface area is 130 Å². The normalized spacial score (nSPS) is 12.9. The number of thiophene rings is 1. The molecule has 1 atom stereocenters. The maximum Gasteiger partial charge on any atom is 0.0719 e. The van der Waals surface area contributed by atoms with Gasteiger partial charge in [0.05, 0.1) is 17.8 Å². The second kappa shape index (κ2) is 6.08. The molecule has 20 heavy (non-hydrogen) atoms. The van der Waals surface area contributed by atoms with Crippen molar-refractivity contribution in [1.29, 1.82) is 0 Å². The van der Waals surface area contributed by atoms with Crippen molar-refractivity contribution in [2.75, 3.05) is 6.54 Å². The molecule has 3 aromatic rings. The Morgan fingerprint density at radius 2 is 2.30 bits per heavy atom. The summed E-state index contributed by atoms with van der Waals surface area (Å²) in [7, 11) is 0. The average molecular weight is 350 g/mol. The van der Waals surface area contributed by atoms with E-state index in [0.29, 0.717) is 0 Å². The number of nitrogens with one attached hydrogen (secondary N) is 1. The van der Waals surface area contributed by atoms with E-state index in [-0.39, 0.29) is 6.04 Å². The first-order valence-corrected chi connectivity index (χ1v) is 8.37. The molecule has 104 valence electrons. The van der Waals surface area contributed by atoms with Crippen molar-refractivity contribution < 1.29 is 0 Å². The minimum atomic E-state index is 0.184. The van der Waals surface area contributed by atoms with Crippen molar-refractivity contribution >= 4 is 32.8 Å². The van der Waals surface area contributed by atoms with Gasteiger partial charge in [0.15, 0.2) is 0 Å². The van der Waals surface area contributed by atoms with Gasteiger partial charge < -0.3 is 5.32 Å². The van der Waals surface area contributed by atoms with E-state index in [9.17, 15) is 0 Å². The lowest BCUT2D eigenvalue weighted by Crippen LogP contribution is -2.22. The van der Waals surface area contributed by atoms with Crippen LogP contribution in [0.25, 0.3) is 5.52 Å². The first-order valence-electron chi connectivity index (χ1n) is 6.69. The molecule has 3 heterocycles. The molecular weight excluding hydrogens is 334 g/mol. The van der Waals surface area contributed by atoms with Crippen LogP contribution in [0.2, 0.25) is 0 Å². The van der Waals surface area contributed by atoms with Crippen molar-refractivity contribution in [3.05, 3.63) is 57.0 Å². The Balaban J connectivity index is 2.07. The van der Waals surface area contributed by atoms with Crippen LogP contribution in [0.15, 0.2) is 46.5 Å². The molecule has 0 bridgehead atoms. The summed E-state index contributed by atoms with van der Waals surface area (Å²) in [5.74, 6) is 0. The summed E-state index contributed by atoms with van der Waals surface area (Å²) >= 11 is 5.42. The third kappa shape index (κ3) is 2.53. The molecule has 0 radical (unpaired) electrons. The van der Waals surface area contributed by atoms with E-state index in [1.165, 1.54) is 10.4 Å². The summed E-state index contributed by atoms with van der Waals surface area (Å²) in [6, 6.07) is 8.46. The molecule has 1 unspecified atom stereocenters. The molecule has 0 amide bonds. The van der Waals surface area contributed by atoms with Gasteiger partial charge in [0, 0.05) is 21.1 Å². The van der Waals surface area contributed by atoms with Crippen molar-refractivity contribution in [3.63, 3.8) is 0 Å². The van der Waals surface area contributed by atoms with E-state index in [1.807, 2.05) is 23.0 Å². The molecule has 1 N–H and O–H groups in total. The van der Waals surface area contributed by atoms with E-state index < -0.39 is 0 Å². The number of pyridine rings is 1. The summed E-state index contributed by atoms with van der Waals surface area (Å²) in [4.78, 5) is 1.30. The largest absolute Gasteiger partial charge is 0.305 e. The van der Waals surface area contributed by atoms with E-state index >= 15 is 0 Å². The molecule has 0 aliphatic heterocycles. The number of aromatic nitrogens is 2. The van der Waals surface area contributed by atoms with Gasteiger partial charge in [-0.25, -0.2) is 4.52 Å². The summed E-state index contributed by atoms with van der Waals surface area (Å²) in [5.41, 5.74) is 2.38. The highest BCUT2D eigenvalue weighted by Crippen LogP contribution is 2.34. The second-order valence-corrected chi connectivity index (χ2v) is 6.45. The van der Waals surface area contributed by atoms with Gasteiger partial charge in [-0.2, -0.15) is 5.10 Å². The van der Waals surface area contributed by atoms with Gasteiger partial charge in [-0.1, -0.05) is 13.0 Å². The Hall–Kier alpha value is -1.17. The zero-order valence-corrected chi connectivity index (χ0v) is 13.6. The fourth-order valence-corrected chi connectivity index (χ4v) is 4.01. The summed E-state index contributed by atoms with van der Waals surface area (Å²) in [6.45, 7) is 3.17. The Kier molecular flexibility index (Phi) is 4.19. The molecular formula is C15H16BrN3S. The number of nitrogens with zero attached hydrogens (tertiary/aromatic N) is 2. The predicted octanol–water partition coefficient (Wildman–Crippen LogP) is 4.25. The first kappa shape index (κ1) is 13.8. The van der Waals surface area contributed by atoms with E-state index in [4.69, 9.17) is 0 Å². The number of rotatable bonds is 5. The van der Waals surface area contributed by atoms with Crippen LogP contribution in [-0.2, 0) is 0 Å². The van der Waals surface area contributed by atoms with Gasteiger partial charge in [-0.15, -0.1) is 11.3 Å². The topological polar surface area (TPSA) is 29.3 Å². The van der Waals surface area contributed by atoms with Crippen LogP contribution >= 0.6 is 27.3 Å². The average Bonchev–Trinajstić information content (AvgIpc) is 3.07. The highest BCUT2D eigenvalue weighted by atomic mass is 79.9. The van der Waals surface area contributed by atoms with Crippen LogP contribution in [0.4, 0.5) is 0 Å². The van der Waals surface area contributed by atoms with Crippen molar-refractivity contribution in [2.24, 2.45) is 0 Å². The van der Waals surface area contributed by atoms with Crippen molar-refractivity contribution in [1.82, 2.24) is 14.9 Å². The molecule has 0 fully saturated rings. The quantitative estimate of drug-likeness (QED) is 0.746. The second-order valence-electron chi connectivity index (χ2n) is 4.65. The van der Waals surface area contributed by atoms with Gasteiger partial charge in [0.1, 0.15) is 0 Å². The maximum atomic E-state index is 4.45. The highest BCUT2D eigenvalue weighted by Gasteiger charge is 2.21. The van der Waals surface area contributed by atoms with Crippen LogP contribution in [0.5, 0.6) is 0 Å². The lowest BCUT2D eigenvalue weighted by Gasteiger charge is -2.17. The van der Waals surface area contributed by atoms with Crippen LogP contribution in [0.3, 0.4) is 0 Å². The third-order valence-electron chi connectivity index (χ3n) is 3.27. The molecule has 0 saturated heterocycles. The minimum Gasteiger partial charge on any atom is -0.305 e. The lowest BCUT2D eigenvalue weighted by atomic mass is 10.1. The predicted molar refractivity (Wildman–Crippen MR) is 87.3 cm³/mol. The number of halogens is 1. The summed E-state index contributed by atoms with van der Waals surface area (Å²) in [6.07, 6.45) is 5.06. The molecule has 0 aliphatic carbocycles. The molecule has 3 aromatic heterocycles. The summed E-state index contributed by atoms with van der Waals surface area (Å²) < 4.78 is 3.09. The van der Waals surface area contributed by atoms with Gasteiger partial charge in [0.25, 0.3) is 0 Å². The van der Waals surface area contributed by atoms with E-state index in [2.05, 4.69) is 56.8 Å². The molecule has 5 heteroatoms. The molecule has 0 saturated carbocycles. The van der Waals surface area contributed by atoms with Crippen LogP contribution < -0.4 is 5.32 Å². The van der Waals surface area contributed by atoms with E-state index in [0.717, 1.165) is 23.0 Å². The third-order valence-corrected chi connectivity index (χ3v) is 5.21. The molecule has 0 aromatic carbocycles. The fourth-order valence-electron chi connectivity index (χ4n) is 2.32. The Morgan fingerprint density at radius 3 is 3.05 bits per heavy atom. The maximum absolute atomic E-state index is 4.45. The number of fused-ring (bicyclic) bond motifs is 1. The standard InChI is InChI=1S/C15H16BrN3S/c1-2-7-17-14(15-12(16)6-9-20-15)11-10-18-19-8-4-3-5-13(11)19/h3-6,8-10,14,17H,2,7H2,1H3. The SMILES string of the molecule is CCCNC(c1sccc1Br)c1cnn2ccccc12. The Morgan fingerprint density at radius 1 is 1.40 bits per heavy atom. The Bertz CT molecular complexity index is 704. The molecule has 3 nitrogen and oxygen atoms in total. The van der Waals surface area contributed by atoms with Gasteiger partial charge in [-0.3, -0.25) is 0 Å². The van der Waals surface area contributed by atoms with Crippen LogP contribution in [-0.4, -0.2) is 16.2 Å². The van der Waals surface area contributed by atoms with Gasteiger partial charge in [-0.05, 0) is 52.5 Å². The monoisotopic (exact) mass is 349 g/mol. The lowest BCUT2D eigenvalue weighted by molar-refractivity contribution is 0.607. The van der Waals surface area contributed by atoms with Gasteiger partial charge in [0.2, 0.25) is 0 Å². The number of hydrogen-bond donors (Lipinski definition) is 1. The smallest absolute Gasteiger partial charge is 0.0719 e. The zero-order valence-electron chi connectivity index (χ0n) is 11.2. The fraction of sp³-hybridized carbons (Fsp3) is 0.267. The highest BCUT2D eigenvalue weighted by molar-refractivity contribution is 9.10. The first-order chi connectivity index (χ1) is 9.81. The number of hydrogen-bond acceptors (Lipinski definition) is 3. The zero-order chi connectivity index (χ0) is 13.9. The van der Waals surface area contributed by atoms with E-state index in [1.54, 1.807) is 11.3 Å². The molecule has 0 aliphatic rings. The van der Waals surface area contributed by atoms with Crippen LogP contribution in [0.1, 0.15) is 29.8 Å². The summed E-state index contributed by atoms with van der Waals surface area (Å²) in [5, 5.41) is 10.2. The van der Waals surface area contributed by atoms with Crippen molar-refractivity contribution in [2.45, 2.75) is 19.4 Å². The molecule has 3 rings (SSSR count). The molecule has 0 spiro atoms. The van der Waals surface area contributed by atoms with Gasteiger partial charge >= 0.3 is 0 Å². The van der Waals surface area contributed by atoms with Crippen LogP contribution in [0, 0.1) is 0 Å². The van der Waals surface area contributed by atoms with Crippen molar-refractivity contribution in [3.8, 4) is 0 Å².